The van der Waals surface area contributed by atoms with Gasteiger partial charge in [-0.1, -0.05) is 12.1 Å². The molecule has 3 rings (SSSR count). The molecule has 1 atom stereocenters. The Morgan fingerprint density at radius 2 is 2.31 bits per heavy atom. The highest BCUT2D eigenvalue weighted by molar-refractivity contribution is 7.99. The summed E-state index contributed by atoms with van der Waals surface area (Å²) in [6.07, 6.45) is 0.694. The van der Waals surface area contributed by atoms with Crippen molar-refractivity contribution in [3.63, 3.8) is 0 Å². The van der Waals surface area contributed by atoms with Crippen LogP contribution in [-0.2, 0) is 16.0 Å². The average Bonchev–Trinajstić information content (AvgIpc) is 3.31. The Morgan fingerprint density at radius 1 is 1.42 bits per heavy atom. The van der Waals surface area contributed by atoms with Crippen LogP contribution in [0, 0.1) is 6.92 Å². The number of aryl methyl sites for hydroxylation is 1. The van der Waals surface area contributed by atoms with Crippen LogP contribution in [0.4, 0.5) is 0 Å². The van der Waals surface area contributed by atoms with Gasteiger partial charge >= 0.3 is 0 Å². The van der Waals surface area contributed by atoms with Crippen LogP contribution in [0.15, 0.2) is 35.2 Å². The first kappa shape index (κ1) is 18.7. The third kappa shape index (κ3) is 4.98. The van der Waals surface area contributed by atoms with Crippen molar-refractivity contribution in [2.24, 2.45) is 0 Å². The Balaban J connectivity index is 1.48. The molecule has 2 aromatic rings. The van der Waals surface area contributed by atoms with Crippen molar-refractivity contribution in [2.75, 3.05) is 24.8 Å². The minimum atomic E-state index is -0.441. The summed E-state index contributed by atoms with van der Waals surface area (Å²) in [4.78, 5) is 30.7. The van der Waals surface area contributed by atoms with Crippen LogP contribution in [0.25, 0.3) is 0 Å². The smallest absolute Gasteiger partial charge is 0.261 e. The summed E-state index contributed by atoms with van der Waals surface area (Å²) >= 11 is 3.12. The fourth-order valence-corrected chi connectivity index (χ4v) is 4.40. The lowest BCUT2D eigenvalue weighted by Crippen LogP contribution is -2.48. The number of amides is 2. The van der Waals surface area contributed by atoms with Crippen molar-refractivity contribution in [1.82, 2.24) is 15.2 Å². The molecule has 1 N–H and O–H groups in total. The molecule has 0 radical (unpaired) electrons. The molecule has 2 heterocycles. The summed E-state index contributed by atoms with van der Waals surface area (Å²) in [7, 11) is 0. The van der Waals surface area contributed by atoms with Crippen molar-refractivity contribution < 1.29 is 14.3 Å². The zero-order valence-electron chi connectivity index (χ0n) is 14.5. The molecule has 1 aromatic heterocycles. The zero-order valence-corrected chi connectivity index (χ0v) is 16.1. The molecule has 0 aliphatic carbocycles. The molecule has 8 heteroatoms. The van der Waals surface area contributed by atoms with Gasteiger partial charge in [-0.2, -0.15) is 0 Å². The second-order valence-electron chi connectivity index (χ2n) is 6.01. The van der Waals surface area contributed by atoms with E-state index in [1.54, 1.807) is 22.2 Å². The summed E-state index contributed by atoms with van der Waals surface area (Å²) in [6.45, 7) is 2.43. The molecule has 1 aliphatic heterocycles. The van der Waals surface area contributed by atoms with Crippen molar-refractivity contribution in [2.45, 2.75) is 19.4 Å². The van der Waals surface area contributed by atoms with Crippen LogP contribution in [0.2, 0.25) is 0 Å². The van der Waals surface area contributed by atoms with E-state index in [-0.39, 0.29) is 18.4 Å². The van der Waals surface area contributed by atoms with E-state index >= 15 is 0 Å². The molecule has 0 spiro atoms. The number of aromatic nitrogens is 1. The Hall–Kier alpha value is -2.06. The first-order valence-electron chi connectivity index (χ1n) is 8.35. The van der Waals surface area contributed by atoms with E-state index in [1.807, 2.05) is 36.6 Å². The molecule has 6 nitrogen and oxygen atoms in total. The lowest BCUT2D eigenvalue weighted by atomic mass is 10.2. The van der Waals surface area contributed by atoms with Gasteiger partial charge in [-0.3, -0.25) is 9.59 Å². The number of thioether (sulfide) groups is 1. The van der Waals surface area contributed by atoms with E-state index < -0.39 is 6.04 Å². The molecule has 1 aliphatic rings. The van der Waals surface area contributed by atoms with Crippen molar-refractivity contribution in [3.05, 3.63) is 46.4 Å². The van der Waals surface area contributed by atoms with E-state index in [9.17, 15) is 9.59 Å². The first-order valence-corrected chi connectivity index (χ1v) is 10.4. The number of carbonyl (C=O) groups excluding carboxylic acids is 2. The molecular weight excluding hydrogens is 370 g/mol. The molecular formula is C18H21N3O3S2. The number of hydrogen-bond donors (Lipinski definition) is 1. The molecule has 0 saturated carbocycles. The van der Waals surface area contributed by atoms with Crippen molar-refractivity contribution >= 4 is 34.9 Å². The van der Waals surface area contributed by atoms with Gasteiger partial charge in [0.25, 0.3) is 5.91 Å². The van der Waals surface area contributed by atoms with Gasteiger partial charge in [-0.05, 0) is 24.6 Å². The molecule has 1 fully saturated rings. The van der Waals surface area contributed by atoms with Crippen LogP contribution in [0.3, 0.4) is 0 Å². The molecule has 1 aromatic carbocycles. The third-order valence-electron chi connectivity index (χ3n) is 4.02. The highest BCUT2D eigenvalue weighted by Crippen LogP contribution is 2.21. The number of benzene rings is 1. The normalized spacial score (nSPS) is 16.5. The highest BCUT2D eigenvalue weighted by atomic mass is 32.2. The van der Waals surface area contributed by atoms with Gasteiger partial charge < -0.3 is 15.0 Å². The minimum Gasteiger partial charge on any atom is -0.484 e. The number of thiazole rings is 1. The maximum Gasteiger partial charge on any atom is 0.261 e. The van der Waals surface area contributed by atoms with Crippen molar-refractivity contribution in [3.8, 4) is 5.75 Å². The lowest BCUT2D eigenvalue weighted by molar-refractivity contribution is -0.139. The predicted molar refractivity (Wildman–Crippen MR) is 103 cm³/mol. The van der Waals surface area contributed by atoms with Crippen LogP contribution in [0.5, 0.6) is 5.75 Å². The molecule has 1 saturated heterocycles. The van der Waals surface area contributed by atoms with Gasteiger partial charge in [0, 0.05) is 24.1 Å². The summed E-state index contributed by atoms with van der Waals surface area (Å²) in [5.74, 6) is 1.50. The quantitative estimate of drug-likeness (QED) is 0.783. The van der Waals surface area contributed by atoms with E-state index in [4.69, 9.17) is 4.74 Å². The minimum absolute atomic E-state index is 0.0629. The van der Waals surface area contributed by atoms with Gasteiger partial charge in [0.05, 0.1) is 17.1 Å². The topological polar surface area (TPSA) is 71.5 Å². The predicted octanol–water partition coefficient (Wildman–Crippen LogP) is 2.09. The second kappa shape index (κ2) is 9.05. The highest BCUT2D eigenvalue weighted by Gasteiger charge is 2.34. The summed E-state index contributed by atoms with van der Waals surface area (Å²) in [5.41, 5.74) is 3.82. The Bertz CT molecular complexity index is 752. The third-order valence-corrected chi connectivity index (χ3v) is 5.67. The SMILES string of the molecule is Cc1cccc(OCC(=O)N2CSCC2C(=O)NCCc2cscn2)c1. The largest absolute Gasteiger partial charge is 0.484 e. The van der Waals surface area contributed by atoms with Crippen LogP contribution >= 0.6 is 23.1 Å². The average molecular weight is 392 g/mol. The van der Waals surface area contributed by atoms with Crippen LogP contribution in [0.1, 0.15) is 11.3 Å². The second-order valence-corrected chi connectivity index (χ2v) is 7.72. The lowest BCUT2D eigenvalue weighted by Gasteiger charge is -2.23. The van der Waals surface area contributed by atoms with Gasteiger partial charge in [0.15, 0.2) is 6.61 Å². The number of nitrogens with one attached hydrogen (secondary N) is 1. The van der Waals surface area contributed by atoms with Crippen LogP contribution < -0.4 is 10.1 Å². The maximum absolute atomic E-state index is 12.5. The molecule has 138 valence electrons. The maximum atomic E-state index is 12.5. The summed E-state index contributed by atoms with van der Waals surface area (Å²) in [6, 6.07) is 7.12. The van der Waals surface area contributed by atoms with E-state index in [1.165, 1.54) is 11.3 Å². The van der Waals surface area contributed by atoms with Gasteiger partial charge in [-0.25, -0.2) is 4.98 Å². The van der Waals surface area contributed by atoms with Gasteiger partial charge in [0.2, 0.25) is 5.91 Å². The number of hydrogen-bond acceptors (Lipinski definition) is 6. The Morgan fingerprint density at radius 3 is 3.08 bits per heavy atom. The van der Waals surface area contributed by atoms with Crippen molar-refractivity contribution in [1.29, 1.82) is 0 Å². The molecule has 26 heavy (non-hydrogen) atoms. The van der Waals surface area contributed by atoms with Crippen LogP contribution in [-0.4, -0.2) is 52.5 Å². The molecule has 0 bridgehead atoms. The number of carbonyl (C=O) groups is 2. The van der Waals surface area contributed by atoms with Gasteiger partial charge in [-0.15, -0.1) is 23.1 Å². The standard InChI is InChI=1S/C18H21N3O3S2/c1-13-3-2-4-15(7-13)24-8-17(22)21-12-26-10-16(21)18(23)19-6-5-14-9-25-11-20-14/h2-4,7,9,11,16H,5-6,8,10,12H2,1H3,(H,19,23). The molecule has 1 unspecified atom stereocenters. The molecule has 2 amide bonds. The fourth-order valence-electron chi connectivity index (χ4n) is 2.63. The van der Waals surface area contributed by atoms with E-state index in [0.29, 0.717) is 30.3 Å². The zero-order chi connectivity index (χ0) is 18.4. The Kier molecular flexibility index (Phi) is 6.51. The summed E-state index contributed by atoms with van der Waals surface area (Å²) in [5, 5.41) is 4.87. The van der Waals surface area contributed by atoms with E-state index in [2.05, 4.69) is 10.3 Å². The number of rotatable bonds is 7. The first-order chi connectivity index (χ1) is 12.6. The van der Waals surface area contributed by atoms with E-state index in [0.717, 1.165) is 11.3 Å². The monoisotopic (exact) mass is 391 g/mol. The fraction of sp³-hybridized carbons (Fsp3) is 0.389. The summed E-state index contributed by atoms with van der Waals surface area (Å²) < 4.78 is 5.58. The number of ether oxygens (including phenoxy) is 1. The Labute approximate surface area is 160 Å². The number of nitrogens with zero attached hydrogens (tertiary/aromatic N) is 2. The van der Waals surface area contributed by atoms with Gasteiger partial charge in [0.1, 0.15) is 11.8 Å².